The molecule has 1 aliphatic rings. The van der Waals surface area contributed by atoms with Crippen molar-refractivity contribution >= 4 is 11.6 Å². The summed E-state index contributed by atoms with van der Waals surface area (Å²) in [5.74, 6) is 0.403. The van der Waals surface area contributed by atoms with E-state index in [4.69, 9.17) is 0 Å². The van der Waals surface area contributed by atoms with Crippen LogP contribution < -0.4 is 5.43 Å². The molecule has 1 aliphatic carbocycles. The Bertz CT molecular complexity index is 382. The van der Waals surface area contributed by atoms with Crippen molar-refractivity contribution in [2.24, 2.45) is 11.0 Å². The van der Waals surface area contributed by atoms with E-state index in [0.717, 1.165) is 5.71 Å². The first kappa shape index (κ1) is 9.83. The molecule has 0 radical (unpaired) electrons. The molecular formula is C11H13N3O. The van der Waals surface area contributed by atoms with Gasteiger partial charge >= 0.3 is 0 Å². The molecule has 0 unspecified atom stereocenters. The quantitative estimate of drug-likeness (QED) is 0.599. The largest absolute Gasteiger partial charge is 0.271 e. The number of carbonyl (C=O) groups excluding carboxylic acids is 1. The fraction of sp³-hybridized carbons (Fsp3) is 0.364. The molecule has 1 aromatic heterocycles. The van der Waals surface area contributed by atoms with Crippen LogP contribution in [0.1, 0.15) is 30.1 Å². The van der Waals surface area contributed by atoms with Crippen LogP contribution in [0.3, 0.4) is 0 Å². The highest BCUT2D eigenvalue weighted by molar-refractivity contribution is 5.95. The SMILES string of the molecule is C/C(=N\NC(=O)c1ccncc1)C1CC1. The topological polar surface area (TPSA) is 54.4 Å². The molecule has 1 saturated carbocycles. The highest BCUT2D eigenvalue weighted by Gasteiger charge is 2.24. The predicted octanol–water partition coefficient (Wildman–Crippen LogP) is 1.60. The Morgan fingerprint density at radius 3 is 2.73 bits per heavy atom. The minimum absolute atomic E-state index is 0.183. The van der Waals surface area contributed by atoms with E-state index in [1.54, 1.807) is 24.5 Å². The first-order chi connectivity index (χ1) is 7.27. The van der Waals surface area contributed by atoms with Gasteiger partial charge in [0.2, 0.25) is 0 Å². The van der Waals surface area contributed by atoms with Crippen LogP contribution in [0, 0.1) is 5.92 Å². The Morgan fingerprint density at radius 2 is 2.13 bits per heavy atom. The van der Waals surface area contributed by atoms with Crippen molar-refractivity contribution in [3.05, 3.63) is 30.1 Å². The second kappa shape index (κ2) is 4.21. The summed E-state index contributed by atoms with van der Waals surface area (Å²) in [5.41, 5.74) is 4.13. The molecule has 0 saturated heterocycles. The van der Waals surface area contributed by atoms with Gasteiger partial charge in [0, 0.05) is 23.7 Å². The summed E-state index contributed by atoms with van der Waals surface area (Å²) in [5, 5.41) is 4.06. The van der Waals surface area contributed by atoms with Gasteiger partial charge in [-0.05, 0) is 37.8 Å². The van der Waals surface area contributed by atoms with Crippen molar-refractivity contribution in [1.29, 1.82) is 0 Å². The van der Waals surface area contributed by atoms with Crippen LogP contribution in [0.5, 0.6) is 0 Å². The lowest BCUT2D eigenvalue weighted by molar-refractivity contribution is 0.0954. The highest BCUT2D eigenvalue weighted by atomic mass is 16.2. The monoisotopic (exact) mass is 203 g/mol. The van der Waals surface area contributed by atoms with Crippen molar-refractivity contribution in [2.45, 2.75) is 19.8 Å². The van der Waals surface area contributed by atoms with Gasteiger partial charge in [0.1, 0.15) is 0 Å². The molecule has 1 heterocycles. The predicted molar refractivity (Wildman–Crippen MR) is 57.5 cm³/mol. The number of rotatable bonds is 3. The van der Waals surface area contributed by atoms with E-state index in [0.29, 0.717) is 11.5 Å². The van der Waals surface area contributed by atoms with Crippen LogP contribution in [-0.4, -0.2) is 16.6 Å². The summed E-state index contributed by atoms with van der Waals surface area (Å²) in [7, 11) is 0. The van der Waals surface area contributed by atoms with E-state index in [1.807, 2.05) is 6.92 Å². The van der Waals surface area contributed by atoms with Gasteiger partial charge in [-0.25, -0.2) is 5.43 Å². The molecule has 0 spiro atoms. The van der Waals surface area contributed by atoms with Gasteiger partial charge in [0.15, 0.2) is 0 Å². The maximum Gasteiger partial charge on any atom is 0.271 e. The van der Waals surface area contributed by atoms with E-state index in [-0.39, 0.29) is 5.91 Å². The minimum atomic E-state index is -0.183. The number of carbonyl (C=O) groups is 1. The van der Waals surface area contributed by atoms with Crippen molar-refractivity contribution in [1.82, 2.24) is 10.4 Å². The number of nitrogens with one attached hydrogen (secondary N) is 1. The third-order valence-electron chi connectivity index (χ3n) is 2.44. The van der Waals surface area contributed by atoms with Crippen molar-refractivity contribution in [3.63, 3.8) is 0 Å². The first-order valence-electron chi connectivity index (χ1n) is 5.02. The smallest absolute Gasteiger partial charge is 0.267 e. The van der Waals surface area contributed by atoms with Crippen LogP contribution in [0.2, 0.25) is 0 Å². The van der Waals surface area contributed by atoms with Crippen molar-refractivity contribution < 1.29 is 4.79 Å². The molecular weight excluding hydrogens is 190 g/mol. The number of hydrogen-bond acceptors (Lipinski definition) is 3. The number of aromatic nitrogens is 1. The van der Waals surface area contributed by atoms with Crippen LogP contribution in [-0.2, 0) is 0 Å². The fourth-order valence-corrected chi connectivity index (χ4v) is 1.30. The number of hydrazone groups is 1. The summed E-state index contributed by atoms with van der Waals surface area (Å²) in [6.45, 7) is 1.95. The fourth-order valence-electron chi connectivity index (χ4n) is 1.30. The van der Waals surface area contributed by atoms with Crippen LogP contribution in [0.25, 0.3) is 0 Å². The Morgan fingerprint density at radius 1 is 1.47 bits per heavy atom. The Hall–Kier alpha value is -1.71. The van der Waals surface area contributed by atoms with Crippen LogP contribution >= 0.6 is 0 Å². The van der Waals surface area contributed by atoms with Crippen LogP contribution in [0.4, 0.5) is 0 Å². The maximum absolute atomic E-state index is 11.5. The number of pyridine rings is 1. The van der Waals surface area contributed by atoms with Gasteiger partial charge in [-0.15, -0.1) is 0 Å². The van der Waals surface area contributed by atoms with Gasteiger partial charge < -0.3 is 0 Å². The molecule has 1 N–H and O–H groups in total. The molecule has 0 aliphatic heterocycles. The number of amides is 1. The van der Waals surface area contributed by atoms with Gasteiger partial charge in [0.05, 0.1) is 0 Å². The molecule has 15 heavy (non-hydrogen) atoms. The zero-order valence-corrected chi connectivity index (χ0v) is 8.60. The average Bonchev–Trinajstić information content (AvgIpc) is 3.10. The summed E-state index contributed by atoms with van der Waals surface area (Å²) < 4.78 is 0. The molecule has 2 rings (SSSR count). The highest BCUT2D eigenvalue weighted by Crippen LogP contribution is 2.30. The first-order valence-corrected chi connectivity index (χ1v) is 5.02. The Balaban J connectivity index is 1.95. The summed E-state index contributed by atoms with van der Waals surface area (Å²) in [6.07, 6.45) is 5.57. The third kappa shape index (κ3) is 2.62. The Labute approximate surface area is 88.4 Å². The second-order valence-corrected chi connectivity index (χ2v) is 3.70. The molecule has 0 atom stereocenters. The third-order valence-corrected chi connectivity index (χ3v) is 2.44. The lowest BCUT2D eigenvalue weighted by Gasteiger charge is -2.00. The van der Waals surface area contributed by atoms with Gasteiger partial charge in [-0.3, -0.25) is 9.78 Å². The van der Waals surface area contributed by atoms with Gasteiger partial charge in [-0.2, -0.15) is 5.10 Å². The van der Waals surface area contributed by atoms with E-state index < -0.39 is 0 Å². The zero-order chi connectivity index (χ0) is 10.7. The molecule has 0 bridgehead atoms. The summed E-state index contributed by atoms with van der Waals surface area (Å²) in [4.78, 5) is 15.4. The van der Waals surface area contributed by atoms with Crippen molar-refractivity contribution in [2.75, 3.05) is 0 Å². The van der Waals surface area contributed by atoms with Crippen molar-refractivity contribution in [3.8, 4) is 0 Å². The summed E-state index contributed by atoms with van der Waals surface area (Å²) >= 11 is 0. The summed E-state index contributed by atoms with van der Waals surface area (Å²) in [6, 6.07) is 3.33. The lowest BCUT2D eigenvalue weighted by atomic mass is 10.2. The molecule has 4 nitrogen and oxygen atoms in total. The van der Waals surface area contributed by atoms with Crippen LogP contribution in [0.15, 0.2) is 29.6 Å². The van der Waals surface area contributed by atoms with E-state index in [2.05, 4.69) is 15.5 Å². The second-order valence-electron chi connectivity index (χ2n) is 3.70. The molecule has 0 aromatic carbocycles. The average molecular weight is 203 g/mol. The van der Waals surface area contributed by atoms with E-state index in [9.17, 15) is 4.79 Å². The molecule has 78 valence electrons. The van der Waals surface area contributed by atoms with E-state index in [1.165, 1.54) is 12.8 Å². The molecule has 1 fully saturated rings. The normalized spacial score (nSPS) is 16.2. The van der Waals surface area contributed by atoms with Gasteiger partial charge in [-0.1, -0.05) is 0 Å². The number of hydrogen-bond donors (Lipinski definition) is 1. The standard InChI is InChI=1S/C11H13N3O/c1-8(9-2-3-9)13-14-11(15)10-4-6-12-7-5-10/h4-7,9H,2-3H2,1H3,(H,14,15)/b13-8+. The van der Waals surface area contributed by atoms with E-state index >= 15 is 0 Å². The lowest BCUT2D eigenvalue weighted by Crippen LogP contribution is -2.19. The molecule has 1 aromatic rings. The Kier molecular flexibility index (Phi) is 2.76. The minimum Gasteiger partial charge on any atom is -0.267 e. The molecule has 4 heteroatoms. The van der Waals surface area contributed by atoms with Gasteiger partial charge in [0.25, 0.3) is 5.91 Å². The maximum atomic E-state index is 11.5. The number of nitrogens with zero attached hydrogens (tertiary/aromatic N) is 2. The molecule has 1 amide bonds. The zero-order valence-electron chi connectivity index (χ0n) is 8.60.